The van der Waals surface area contributed by atoms with Crippen LogP contribution in [0.2, 0.25) is 19.6 Å². The summed E-state index contributed by atoms with van der Waals surface area (Å²) in [5.74, 6) is -0.291. The van der Waals surface area contributed by atoms with Gasteiger partial charge in [-0.15, -0.1) is 54.1 Å². The normalized spacial score (nSPS) is 13.5. The fourth-order valence-electron chi connectivity index (χ4n) is 6.69. The molecular formula is C49H47IrN3OSi-2. The molecule has 0 fully saturated rings. The molecule has 1 unspecified atom stereocenters. The van der Waals surface area contributed by atoms with Gasteiger partial charge in [0.1, 0.15) is 0 Å². The van der Waals surface area contributed by atoms with Crippen LogP contribution in [-0.2, 0) is 32.9 Å². The van der Waals surface area contributed by atoms with Gasteiger partial charge in [0.05, 0.1) is 13.7 Å². The third kappa shape index (κ3) is 9.45. The maximum atomic E-state index is 9.06. The first-order chi connectivity index (χ1) is 27.2. The molecule has 0 saturated carbocycles. The van der Waals surface area contributed by atoms with E-state index in [0.717, 1.165) is 39.6 Å². The number of nitrogens with zero attached hydrogens (tertiary/aromatic N) is 3. The van der Waals surface area contributed by atoms with Crippen molar-refractivity contribution in [3.8, 4) is 22.5 Å². The van der Waals surface area contributed by atoms with E-state index in [9.17, 15) is 0 Å². The first-order valence-electron chi connectivity index (χ1n) is 20.0. The van der Waals surface area contributed by atoms with Crippen molar-refractivity contribution in [2.24, 2.45) is 5.92 Å². The third-order valence-electron chi connectivity index (χ3n) is 9.41. The van der Waals surface area contributed by atoms with Crippen LogP contribution < -0.4 is 5.19 Å². The SMILES string of the molecule is CC(C)Cc1cc(-c2[c-]cccc2)ncc1[Si](C)(C)C.[2H]C([2H])(c1ccccc1)c1ccc2c(n1)oc1c(-c3cc(C([2H])(C)c4ccccc4)ccn3)[c-]ccc12.[Ir]. The number of hydrogen-bond donors (Lipinski definition) is 0. The van der Waals surface area contributed by atoms with Gasteiger partial charge in [0, 0.05) is 60.0 Å². The predicted octanol–water partition coefficient (Wildman–Crippen LogP) is 11.9. The first-order valence-corrected chi connectivity index (χ1v) is 22.0. The summed E-state index contributed by atoms with van der Waals surface area (Å²) in [5.41, 5.74) is 8.38. The number of hydrogen-bond acceptors (Lipinski definition) is 4. The number of fused-ring (bicyclic) bond motifs is 3. The zero-order valence-electron chi connectivity index (χ0n) is 35.1. The van der Waals surface area contributed by atoms with Crippen molar-refractivity contribution in [2.75, 3.05) is 0 Å². The van der Waals surface area contributed by atoms with Crippen LogP contribution >= 0.6 is 0 Å². The molecule has 0 amide bonds. The quantitative estimate of drug-likeness (QED) is 0.107. The maximum Gasteiger partial charge on any atom is 0.216 e. The average molecular weight is 917 g/mol. The smallest absolute Gasteiger partial charge is 0.216 e. The summed E-state index contributed by atoms with van der Waals surface area (Å²) in [7, 11) is -1.34. The molecule has 4 heterocycles. The molecule has 1 radical (unpaired) electrons. The monoisotopic (exact) mass is 917 g/mol. The summed E-state index contributed by atoms with van der Waals surface area (Å²) in [6, 6.07) is 46.7. The standard InChI is InChI=1S/C31H23N2O.C18H24NSi.Ir/c1-21(23-11-6-3-7-12-23)24-17-18-32-29(20-24)28-14-8-13-26-27-16-15-25(33-31(27)34-30(26)28)19-22-9-4-2-5-10-22;1-14(2)11-16-12-17(15-9-7-6-8-10-15)19-13-18(16)20(3,4)5;/h2-13,15-18,20-21H,19H2,1H3;6-9,12-14H,11H2,1-5H3;/q2*-1;/i19D2,21D;;. The topological polar surface area (TPSA) is 51.8 Å². The molecule has 4 nitrogen and oxygen atoms in total. The summed E-state index contributed by atoms with van der Waals surface area (Å²) in [6.45, 7) is 13.6. The predicted molar refractivity (Wildman–Crippen MR) is 227 cm³/mol. The number of rotatable bonds is 9. The van der Waals surface area contributed by atoms with Crippen LogP contribution in [0.4, 0.5) is 0 Å². The van der Waals surface area contributed by atoms with E-state index in [1.165, 1.54) is 10.8 Å². The number of aromatic nitrogens is 3. The Morgan fingerprint density at radius 2 is 1.49 bits per heavy atom. The minimum absolute atomic E-state index is 0. The van der Waals surface area contributed by atoms with Crippen molar-refractivity contribution in [3.05, 3.63) is 180 Å². The third-order valence-corrected chi connectivity index (χ3v) is 11.5. The van der Waals surface area contributed by atoms with Gasteiger partial charge in [0.25, 0.3) is 0 Å². The average Bonchev–Trinajstić information content (AvgIpc) is 3.60. The Hall–Kier alpha value is -5.00. The van der Waals surface area contributed by atoms with Gasteiger partial charge in [-0.2, -0.15) is 0 Å². The maximum absolute atomic E-state index is 9.06. The van der Waals surface area contributed by atoms with Crippen LogP contribution in [0.3, 0.4) is 0 Å². The molecule has 0 N–H and O–H groups in total. The molecule has 279 valence electrons. The summed E-state index contributed by atoms with van der Waals surface area (Å²) < 4.78 is 32.6. The van der Waals surface area contributed by atoms with Gasteiger partial charge in [-0.25, -0.2) is 4.98 Å². The minimum atomic E-state index is -1.77. The zero-order valence-corrected chi connectivity index (χ0v) is 35.5. The van der Waals surface area contributed by atoms with Crippen molar-refractivity contribution < 1.29 is 28.6 Å². The summed E-state index contributed by atoms with van der Waals surface area (Å²) in [4.78, 5) is 13.9. The molecule has 0 aliphatic heterocycles. The van der Waals surface area contributed by atoms with Gasteiger partial charge in [0.15, 0.2) is 0 Å². The molecule has 55 heavy (non-hydrogen) atoms. The van der Waals surface area contributed by atoms with Gasteiger partial charge >= 0.3 is 0 Å². The molecular weight excluding hydrogens is 867 g/mol. The summed E-state index contributed by atoms with van der Waals surface area (Å²) in [5, 5.41) is 3.14. The Bertz CT molecular complexity index is 2630. The molecule has 0 saturated heterocycles. The van der Waals surface area contributed by atoms with Gasteiger partial charge in [-0.05, 0) is 63.8 Å². The second kappa shape index (κ2) is 17.6. The Labute approximate surface area is 344 Å². The van der Waals surface area contributed by atoms with E-state index in [1.807, 2.05) is 104 Å². The van der Waals surface area contributed by atoms with E-state index in [4.69, 9.17) is 8.53 Å². The van der Waals surface area contributed by atoms with E-state index in [-0.39, 0.29) is 25.8 Å². The molecule has 4 aromatic carbocycles. The van der Waals surface area contributed by atoms with Crippen molar-refractivity contribution in [3.63, 3.8) is 0 Å². The van der Waals surface area contributed by atoms with Crippen LogP contribution in [0.5, 0.6) is 0 Å². The van der Waals surface area contributed by atoms with Crippen LogP contribution in [0.1, 0.15) is 58.7 Å². The zero-order chi connectivity index (χ0) is 40.4. The van der Waals surface area contributed by atoms with Crippen LogP contribution in [0, 0.1) is 18.1 Å². The van der Waals surface area contributed by atoms with E-state index < -0.39 is 20.3 Å². The minimum Gasteiger partial charge on any atom is -0.486 e. The Morgan fingerprint density at radius 3 is 2.20 bits per heavy atom. The van der Waals surface area contributed by atoms with Crippen LogP contribution in [0.15, 0.2) is 144 Å². The fourth-order valence-corrected chi connectivity index (χ4v) is 8.28. The van der Waals surface area contributed by atoms with Crippen LogP contribution in [0.25, 0.3) is 44.6 Å². The summed E-state index contributed by atoms with van der Waals surface area (Å²) in [6.07, 6.45) is 3.18. The number of furan rings is 1. The van der Waals surface area contributed by atoms with Crippen molar-refractivity contribution in [1.29, 1.82) is 0 Å². The Kier molecular flexibility index (Phi) is 11.4. The molecule has 4 aromatic heterocycles. The Morgan fingerprint density at radius 1 is 0.745 bits per heavy atom. The second-order valence-corrected chi connectivity index (χ2v) is 20.0. The molecule has 0 aliphatic rings. The number of benzene rings is 4. The Balaban J connectivity index is 0.000000230. The largest absolute Gasteiger partial charge is 0.486 e. The van der Waals surface area contributed by atoms with E-state index in [0.29, 0.717) is 34.0 Å². The molecule has 8 aromatic rings. The van der Waals surface area contributed by atoms with E-state index >= 15 is 0 Å². The van der Waals surface area contributed by atoms with Crippen LogP contribution in [-0.4, -0.2) is 23.0 Å². The van der Waals surface area contributed by atoms with Crippen molar-refractivity contribution in [1.82, 2.24) is 15.0 Å². The number of pyridine rings is 3. The molecule has 1 atom stereocenters. The molecule has 8 rings (SSSR count). The van der Waals surface area contributed by atoms with Gasteiger partial charge in [-0.1, -0.05) is 130 Å². The van der Waals surface area contributed by atoms with E-state index in [2.05, 4.69) is 78.9 Å². The van der Waals surface area contributed by atoms with Crippen molar-refractivity contribution in [2.45, 2.75) is 59.1 Å². The molecule has 6 heteroatoms. The van der Waals surface area contributed by atoms with E-state index in [1.54, 1.807) is 24.4 Å². The van der Waals surface area contributed by atoms with Crippen molar-refractivity contribution >= 4 is 35.3 Å². The molecule has 0 bridgehead atoms. The molecule has 0 spiro atoms. The summed E-state index contributed by atoms with van der Waals surface area (Å²) >= 11 is 0. The fraction of sp³-hybridized carbons (Fsp3) is 0.204. The van der Waals surface area contributed by atoms with Gasteiger partial charge in [-0.3, -0.25) is 0 Å². The van der Waals surface area contributed by atoms with Gasteiger partial charge < -0.3 is 14.4 Å². The first kappa shape index (κ1) is 35.7. The molecule has 0 aliphatic carbocycles. The van der Waals surface area contributed by atoms with Gasteiger partial charge in [0.2, 0.25) is 5.71 Å². The second-order valence-electron chi connectivity index (χ2n) is 15.0.